The smallest absolute Gasteiger partial charge is 0.317 e. The molecule has 1 aromatic rings. The summed E-state index contributed by atoms with van der Waals surface area (Å²) < 4.78 is 13.9. The van der Waals surface area contributed by atoms with Crippen LogP contribution in [0.5, 0.6) is 0 Å². The van der Waals surface area contributed by atoms with Gasteiger partial charge >= 0.3 is 6.03 Å². The summed E-state index contributed by atoms with van der Waals surface area (Å²) in [5, 5.41) is 11.9. The van der Waals surface area contributed by atoms with E-state index in [1.165, 1.54) is 6.07 Å². The molecule has 0 radical (unpaired) electrons. The van der Waals surface area contributed by atoms with Crippen molar-refractivity contribution >= 4 is 6.03 Å². The normalized spacial score (nSPS) is 14.9. The first-order valence-corrected chi connectivity index (χ1v) is 7.36. The van der Waals surface area contributed by atoms with Crippen LogP contribution in [0.1, 0.15) is 32.3 Å². The molecule has 1 fully saturated rings. The second kappa shape index (κ2) is 6.43. The Morgan fingerprint density at radius 3 is 2.67 bits per heavy atom. The Morgan fingerprint density at radius 2 is 2.10 bits per heavy atom. The predicted octanol–water partition coefficient (Wildman–Crippen LogP) is 2.27. The van der Waals surface area contributed by atoms with E-state index in [2.05, 4.69) is 5.32 Å². The molecule has 0 unspecified atom stereocenters. The first-order chi connectivity index (χ1) is 9.95. The highest BCUT2D eigenvalue weighted by molar-refractivity contribution is 5.75. The summed E-state index contributed by atoms with van der Waals surface area (Å²) >= 11 is 0. The SMILES string of the molecule is CC(C)(CNC(=O)N(CCO)C1CC1)c1ccccc1F. The maximum Gasteiger partial charge on any atom is 0.317 e. The number of urea groups is 1. The molecule has 2 N–H and O–H groups in total. The molecule has 21 heavy (non-hydrogen) atoms. The zero-order valence-electron chi connectivity index (χ0n) is 12.6. The monoisotopic (exact) mass is 294 g/mol. The molecule has 0 aromatic heterocycles. The maximum atomic E-state index is 13.9. The molecule has 2 rings (SSSR count). The van der Waals surface area contributed by atoms with Crippen LogP contribution in [0.4, 0.5) is 9.18 Å². The molecule has 1 saturated carbocycles. The van der Waals surface area contributed by atoms with Crippen LogP contribution in [0.25, 0.3) is 0 Å². The van der Waals surface area contributed by atoms with Crippen molar-refractivity contribution in [3.63, 3.8) is 0 Å². The molecule has 4 nitrogen and oxygen atoms in total. The third-order valence-electron chi connectivity index (χ3n) is 3.87. The molecule has 1 aliphatic carbocycles. The molecule has 5 heteroatoms. The van der Waals surface area contributed by atoms with Crippen molar-refractivity contribution in [2.24, 2.45) is 0 Å². The molecule has 1 aliphatic rings. The van der Waals surface area contributed by atoms with E-state index in [1.54, 1.807) is 23.1 Å². The van der Waals surface area contributed by atoms with Crippen molar-refractivity contribution in [2.45, 2.75) is 38.1 Å². The van der Waals surface area contributed by atoms with Crippen molar-refractivity contribution in [3.05, 3.63) is 35.6 Å². The molecule has 0 bridgehead atoms. The van der Waals surface area contributed by atoms with Gasteiger partial charge in [-0.1, -0.05) is 32.0 Å². The van der Waals surface area contributed by atoms with Crippen LogP contribution in [0, 0.1) is 5.82 Å². The van der Waals surface area contributed by atoms with E-state index in [-0.39, 0.29) is 24.5 Å². The first-order valence-electron chi connectivity index (χ1n) is 7.36. The minimum absolute atomic E-state index is 0.0410. The quantitative estimate of drug-likeness (QED) is 0.845. The van der Waals surface area contributed by atoms with E-state index >= 15 is 0 Å². The summed E-state index contributed by atoms with van der Waals surface area (Å²) in [6, 6.07) is 6.69. The molecule has 0 spiro atoms. The van der Waals surface area contributed by atoms with Gasteiger partial charge in [0, 0.05) is 24.5 Å². The predicted molar refractivity (Wildman–Crippen MR) is 79.6 cm³/mol. The Bertz CT molecular complexity index is 501. The number of carbonyl (C=O) groups excluding carboxylic acids is 1. The highest BCUT2D eigenvalue weighted by Crippen LogP contribution is 2.27. The van der Waals surface area contributed by atoms with E-state index in [1.807, 2.05) is 13.8 Å². The van der Waals surface area contributed by atoms with Gasteiger partial charge in [0.25, 0.3) is 0 Å². The topological polar surface area (TPSA) is 52.6 Å². The van der Waals surface area contributed by atoms with Gasteiger partial charge in [-0.15, -0.1) is 0 Å². The van der Waals surface area contributed by atoms with Crippen molar-refractivity contribution in [1.82, 2.24) is 10.2 Å². The highest BCUT2D eigenvalue weighted by atomic mass is 19.1. The number of nitrogens with one attached hydrogen (secondary N) is 1. The molecule has 2 amide bonds. The molecular weight excluding hydrogens is 271 g/mol. The van der Waals surface area contributed by atoms with Gasteiger partial charge in [0.05, 0.1) is 6.61 Å². The second-order valence-electron chi connectivity index (χ2n) is 6.17. The number of benzene rings is 1. The largest absolute Gasteiger partial charge is 0.395 e. The number of carbonyl (C=O) groups is 1. The Labute approximate surface area is 125 Å². The molecular formula is C16H23FN2O2. The lowest BCUT2D eigenvalue weighted by Crippen LogP contribution is -2.46. The minimum atomic E-state index is -0.491. The zero-order valence-corrected chi connectivity index (χ0v) is 12.6. The average molecular weight is 294 g/mol. The number of nitrogens with zero attached hydrogens (tertiary/aromatic N) is 1. The number of amides is 2. The van der Waals surface area contributed by atoms with E-state index in [9.17, 15) is 9.18 Å². The van der Waals surface area contributed by atoms with Gasteiger partial charge in [-0.3, -0.25) is 0 Å². The summed E-state index contributed by atoms with van der Waals surface area (Å²) in [5.41, 5.74) is 0.0977. The van der Waals surface area contributed by atoms with Crippen LogP contribution in [0.15, 0.2) is 24.3 Å². The lowest BCUT2D eigenvalue weighted by Gasteiger charge is -2.28. The average Bonchev–Trinajstić information content (AvgIpc) is 3.27. The summed E-state index contributed by atoms with van der Waals surface area (Å²) in [4.78, 5) is 13.9. The number of halogens is 1. The van der Waals surface area contributed by atoms with Crippen LogP contribution in [-0.2, 0) is 5.41 Å². The van der Waals surface area contributed by atoms with E-state index in [0.717, 1.165) is 12.8 Å². The summed E-state index contributed by atoms with van der Waals surface area (Å²) in [5.74, 6) is -0.258. The summed E-state index contributed by atoms with van der Waals surface area (Å²) in [6.07, 6.45) is 1.98. The molecule has 116 valence electrons. The number of hydrogen-bond acceptors (Lipinski definition) is 2. The highest BCUT2D eigenvalue weighted by Gasteiger charge is 2.33. The third kappa shape index (κ3) is 3.94. The van der Waals surface area contributed by atoms with Gasteiger partial charge in [0.15, 0.2) is 0 Å². The van der Waals surface area contributed by atoms with Gasteiger partial charge in [-0.05, 0) is 24.5 Å². The van der Waals surface area contributed by atoms with Gasteiger partial charge in [-0.25, -0.2) is 9.18 Å². The lowest BCUT2D eigenvalue weighted by atomic mass is 9.84. The van der Waals surface area contributed by atoms with Crippen molar-refractivity contribution in [3.8, 4) is 0 Å². The number of hydrogen-bond donors (Lipinski definition) is 2. The van der Waals surface area contributed by atoms with E-state index in [4.69, 9.17) is 5.11 Å². The molecule has 0 saturated heterocycles. The third-order valence-corrected chi connectivity index (χ3v) is 3.87. The Balaban J connectivity index is 1.97. The number of aliphatic hydroxyl groups is 1. The second-order valence-corrected chi connectivity index (χ2v) is 6.17. The van der Waals surface area contributed by atoms with Crippen molar-refractivity contribution < 1.29 is 14.3 Å². The summed E-state index contributed by atoms with van der Waals surface area (Å²) in [6.45, 7) is 4.46. The van der Waals surface area contributed by atoms with Crippen LogP contribution in [0.3, 0.4) is 0 Å². The van der Waals surface area contributed by atoms with Crippen LogP contribution < -0.4 is 5.32 Å². The molecule has 0 atom stereocenters. The van der Waals surface area contributed by atoms with Crippen LogP contribution in [0.2, 0.25) is 0 Å². The Hall–Kier alpha value is -1.62. The number of aliphatic hydroxyl groups excluding tert-OH is 1. The first kappa shape index (κ1) is 15.8. The number of rotatable bonds is 6. The van der Waals surface area contributed by atoms with Gasteiger partial charge in [0.2, 0.25) is 0 Å². The van der Waals surface area contributed by atoms with Gasteiger partial charge < -0.3 is 15.3 Å². The molecule has 0 heterocycles. The van der Waals surface area contributed by atoms with Gasteiger partial charge in [-0.2, -0.15) is 0 Å². The Morgan fingerprint density at radius 1 is 1.43 bits per heavy atom. The van der Waals surface area contributed by atoms with Crippen molar-refractivity contribution in [2.75, 3.05) is 19.7 Å². The minimum Gasteiger partial charge on any atom is -0.395 e. The lowest BCUT2D eigenvalue weighted by molar-refractivity contribution is 0.172. The van der Waals surface area contributed by atoms with E-state index in [0.29, 0.717) is 18.7 Å². The van der Waals surface area contributed by atoms with Gasteiger partial charge in [0.1, 0.15) is 5.82 Å². The van der Waals surface area contributed by atoms with Crippen molar-refractivity contribution in [1.29, 1.82) is 0 Å². The fourth-order valence-corrected chi connectivity index (χ4v) is 2.45. The standard InChI is InChI=1S/C16H23FN2O2/c1-16(2,13-5-3-4-6-14(13)17)11-18-15(21)19(9-10-20)12-7-8-12/h3-6,12,20H,7-11H2,1-2H3,(H,18,21). The fourth-order valence-electron chi connectivity index (χ4n) is 2.45. The Kier molecular flexibility index (Phi) is 4.83. The zero-order chi connectivity index (χ0) is 15.5. The van der Waals surface area contributed by atoms with Crippen LogP contribution >= 0.6 is 0 Å². The van der Waals surface area contributed by atoms with Crippen LogP contribution in [-0.4, -0.2) is 41.8 Å². The maximum absolute atomic E-state index is 13.9. The molecule has 1 aromatic carbocycles. The fraction of sp³-hybridized carbons (Fsp3) is 0.562. The molecule has 0 aliphatic heterocycles. The summed E-state index contributed by atoms with van der Waals surface area (Å²) in [7, 11) is 0. The van der Waals surface area contributed by atoms with E-state index < -0.39 is 5.41 Å².